The fourth-order valence-corrected chi connectivity index (χ4v) is 3.17. The highest BCUT2D eigenvalue weighted by atomic mass is 32.2. The van der Waals surface area contributed by atoms with Crippen LogP contribution in [-0.2, 0) is 10.0 Å². The number of benzene rings is 1. The van der Waals surface area contributed by atoms with Crippen molar-refractivity contribution in [1.29, 1.82) is 0 Å². The molecule has 0 aliphatic carbocycles. The molecule has 0 fully saturated rings. The molecule has 2 N–H and O–H groups in total. The van der Waals surface area contributed by atoms with Crippen molar-refractivity contribution in [3.63, 3.8) is 0 Å². The van der Waals surface area contributed by atoms with Crippen molar-refractivity contribution in [2.24, 2.45) is 5.92 Å². The second-order valence-corrected chi connectivity index (χ2v) is 6.74. The molecule has 1 aromatic carbocycles. The lowest BCUT2D eigenvalue weighted by atomic mass is 10.2. The monoisotopic (exact) mass is 310 g/mol. The quantitative estimate of drug-likeness (QED) is 0.775. The molecule has 0 saturated carbocycles. The van der Waals surface area contributed by atoms with Gasteiger partial charge in [0.1, 0.15) is 5.58 Å². The summed E-state index contributed by atoms with van der Waals surface area (Å²) >= 11 is 0. The van der Waals surface area contributed by atoms with Gasteiger partial charge in [-0.05, 0) is 43.8 Å². The fraction of sp³-hybridized carbons (Fsp3) is 0.357. The van der Waals surface area contributed by atoms with Crippen LogP contribution in [0.25, 0.3) is 11.0 Å². The van der Waals surface area contributed by atoms with Crippen LogP contribution in [0, 0.1) is 5.92 Å². The van der Waals surface area contributed by atoms with E-state index in [-0.39, 0.29) is 10.8 Å². The van der Waals surface area contributed by atoms with Crippen LogP contribution in [0.5, 0.6) is 0 Å². The first-order valence-electron chi connectivity index (χ1n) is 6.60. The van der Waals surface area contributed by atoms with Gasteiger partial charge in [0.15, 0.2) is 0 Å². The average molecular weight is 310 g/mol. The van der Waals surface area contributed by atoms with E-state index < -0.39 is 15.6 Å². The van der Waals surface area contributed by atoms with Crippen molar-refractivity contribution in [2.45, 2.75) is 11.8 Å². The lowest BCUT2D eigenvalue weighted by Gasteiger charge is -2.12. The molecule has 2 rings (SSSR count). The second-order valence-electron chi connectivity index (χ2n) is 4.97. The lowest BCUT2D eigenvalue weighted by molar-refractivity contribution is 0.519. The van der Waals surface area contributed by atoms with Gasteiger partial charge in [-0.1, -0.05) is 6.92 Å². The summed E-state index contributed by atoms with van der Waals surface area (Å²) in [5, 5.41) is 3.57. The Bertz CT molecular complexity index is 783. The van der Waals surface area contributed by atoms with E-state index in [9.17, 15) is 13.2 Å². The number of sulfonamides is 1. The van der Waals surface area contributed by atoms with Crippen molar-refractivity contribution in [1.82, 2.24) is 10.0 Å². The van der Waals surface area contributed by atoms with Gasteiger partial charge in [-0.2, -0.15) is 0 Å². The van der Waals surface area contributed by atoms with Crippen LogP contribution in [0.4, 0.5) is 0 Å². The third-order valence-electron chi connectivity index (χ3n) is 3.08. The summed E-state index contributed by atoms with van der Waals surface area (Å²) in [5.41, 5.74) is -0.0953. The molecule has 1 unspecified atom stereocenters. The van der Waals surface area contributed by atoms with Gasteiger partial charge in [-0.25, -0.2) is 17.9 Å². The van der Waals surface area contributed by atoms with E-state index in [2.05, 4.69) is 10.0 Å². The molecular formula is C14H18N2O4S. The van der Waals surface area contributed by atoms with Crippen molar-refractivity contribution in [3.8, 4) is 0 Å². The second kappa shape index (κ2) is 6.38. The molecule has 1 aromatic heterocycles. The normalized spacial score (nSPS) is 13.4. The molecule has 0 radical (unpaired) electrons. The standard InChI is InChI=1S/C14H18N2O4S/c1-10(8-15-2)9-16-21(18,19)12-4-5-13-11(7-12)3-6-14(17)20-13/h3-7,10,15-16H,8-9H2,1-2H3. The summed E-state index contributed by atoms with van der Waals surface area (Å²) in [6.45, 7) is 3.03. The van der Waals surface area contributed by atoms with Crippen LogP contribution in [0.15, 0.2) is 44.4 Å². The lowest BCUT2D eigenvalue weighted by Crippen LogP contribution is -2.32. The molecule has 0 saturated heterocycles. The minimum absolute atomic E-state index is 0.153. The zero-order valence-electron chi connectivity index (χ0n) is 11.9. The molecule has 0 bridgehead atoms. The van der Waals surface area contributed by atoms with Gasteiger partial charge in [0.25, 0.3) is 0 Å². The van der Waals surface area contributed by atoms with Gasteiger partial charge in [0.2, 0.25) is 10.0 Å². The highest BCUT2D eigenvalue weighted by Crippen LogP contribution is 2.17. The summed E-state index contributed by atoms with van der Waals surface area (Å²) in [5.74, 6) is 0.184. The van der Waals surface area contributed by atoms with Crippen LogP contribution in [0.3, 0.4) is 0 Å². The molecule has 21 heavy (non-hydrogen) atoms. The Labute approximate surface area is 123 Å². The Morgan fingerprint density at radius 1 is 1.19 bits per heavy atom. The van der Waals surface area contributed by atoms with Crippen LogP contribution < -0.4 is 15.7 Å². The highest BCUT2D eigenvalue weighted by molar-refractivity contribution is 7.89. The summed E-state index contributed by atoms with van der Waals surface area (Å²) < 4.78 is 32.0. The van der Waals surface area contributed by atoms with Crippen LogP contribution in [0.1, 0.15) is 6.92 Å². The molecule has 2 aromatic rings. The molecule has 6 nitrogen and oxygen atoms in total. The van der Waals surface area contributed by atoms with Crippen molar-refractivity contribution < 1.29 is 12.8 Å². The van der Waals surface area contributed by atoms with Crippen LogP contribution in [-0.4, -0.2) is 28.6 Å². The summed E-state index contributed by atoms with van der Waals surface area (Å²) in [6.07, 6.45) is 0. The number of hydrogen-bond acceptors (Lipinski definition) is 5. The van der Waals surface area contributed by atoms with Gasteiger partial charge in [-0.3, -0.25) is 0 Å². The zero-order chi connectivity index (χ0) is 15.5. The van der Waals surface area contributed by atoms with E-state index in [1.54, 1.807) is 6.07 Å². The van der Waals surface area contributed by atoms with Crippen molar-refractivity contribution in [2.75, 3.05) is 20.1 Å². The average Bonchev–Trinajstić information content (AvgIpc) is 2.45. The molecule has 114 valence electrons. The Morgan fingerprint density at radius 3 is 2.67 bits per heavy atom. The maximum Gasteiger partial charge on any atom is 0.336 e. The number of rotatable bonds is 6. The molecule has 1 heterocycles. The van der Waals surface area contributed by atoms with Gasteiger partial charge in [0.05, 0.1) is 4.90 Å². The first-order chi connectivity index (χ1) is 9.92. The van der Waals surface area contributed by atoms with E-state index >= 15 is 0 Å². The third-order valence-corrected chi connectivity index (χ3v) is 4.50. The maximum atomic E-state index is 12.2. The Kier molecular flexibility index (Phi) is 4.76. The van der Waals surface area contributed by atoms with Gasteiger partial charge < -0.3 is 9.73 Å². The Hall–Kier alpha value is -1.70. The summed E-state index contributed by atoms with van der Waals surface area (Å²) in [4.78, 5) is 11.3. The van der Waals surface area contributed by atoms with Crippen molar-refractivity contribution in [3.05, 3.63) is 40.8 Å². The third kappa shape index (κ3) is 3.90. The van der Waals surface area contributed by atoms with E-state index in [4.69, 9.17) is 4.42 Å². The summed E-state index contributed by atoms with van der Waals surface area (Å²) in [6, 6.07) is 7.22. The first-order valence-corrected chi connectivity index (χ1v) is 8.09. The molecule has 0 aliphatic rings. The van der Waals surface area contributed by atoms with Gasteiger partial charge >= 0.3 is 5.63 Å². The van der Waals surface area contributed by atoms with E-state index in [0.717, 1.165) is 6.54 Å². The van der Waals surface area contributed by atoms with Crippen LogP contribution >= 0.6 is 0 Å². The van der Waals surface area contributed by atoms with E-state index in [1.807, 2.05) is 14.0 Å². The Morgan fingerprint density at radius 2 is 1.95 bits per heavy atom. The zero-order valence-corrected chi connectivity index (χ0v) is 12.7. The Balaban J connectivity index is 2.24. The molecule has 0 spiro atoms. The minimum Gasteiger partial charge on any atom is -0.423 e. The molecule has 0 aliphatic heterocycles. The molecule has 0 amide bonds. The first kappa shape index (κ1) is 15.7. The van der Waals surface area contributed by atoms with Crippen LogP contribution in [0.2, 0.25) is 0 Å². The summed E-state index contributed by atoms with van der Waals surface area (Å²) in [7, 11) is -1.75. The molecule has 1 atom stereocenters. The fourth-order valence-electron chi connectivity index (χ4n) is 1.97. The smallest absolute Gasteiger partial charge is 0.336 e. The van der Waals surface area contributed by atoms with Crippen molar-refractivity contribution >= 4 is 21.0 Å². The number of fused-ring (bicyclic) bond motifs is 1. The number of hydrogen-bond donors (Lipinski definition) is 2. The van der Waals surface area contributed by atoms with E-state index in [0.29, 0.717) is 17.5 Å². The molecular weight excluding hydrogens is 292 g/mol. The number of nitrogens with one attached hydrogen (secondary N) is 2. The van der Waals surface area contributed by atoms with Gasteiger partial charge in [-0.15, -0.1) is 0 Å². The predicted octanol–water partition coefficient (Wildman–Crippen LogP) is 0.927. The minimum atomic E-state index is -3.57. The van der Waals surface area contributed by atoms with E-state index in [1.165, 1.54) is 24.3 Å². The highest BCUT2D eigenvalue weighted by Gasteiger charge is 2.15. The molecule has 7 heteroatoms. The maximum absolute atomic E-state index is 12.2. The topological polar surface area (TPSA) is 88.4 Å². The largest absolute Gasteiger partial charge is 0.423 e. The SMILES string of the molecule is CNCC(C)CNS(=O)(=O)c1ccc2oc(=O)ccc2c1. The van der Waals surface area contributed by atoms with Gasteiger partial charge in [0, 0.05) is 18.0 Å². The predicted molar refractivity (Wildman–Crippen MR) is 80.8 cm³/mol.